The van der Waals surface area contributed by atoms with Crippen molar-refractivity contribution in [3.05, 3.63) is 175 Å². The number of aryl methyl sites for hydroxylation is 1. The van der Waals surface area contributed by atoms with Crippen molar-refractivity contribution in [3.8, 4) is 45.5 Å². The first kappa shape index (κ1) is 29.1. The zero-order valence-corrected chi connectivity index (χ0v) is 27.9. The third-order valence-electron chi connectivity index (χ3n) is 9.83. The molecule has 3 heterocycles. The van der Waals surface area contributed by atoms with Gasteiger partial charge in [-0.1, -0.05) is 127 Å². The molecule has 7 aromatic carbocycles. The van der Waals surface area contributed by atoms with E-state index < -0.39 is 0 Å². The van der Waals surface area contributed by atoms with Crippen LogP contribution in [0, 0.1) is 6.92 Å². The molecule has 0 atom stereocenters. The van der Waals surface area contributed by atoms with Gasteiger partial charge in [-0.25, -0.2) is 4.98 Å². The fourth-order valence-corrected chi connectivity index (χ4v) is 7.46. The van der Waals surface area contributed by atoms with Gasteiger partial charge in [0.25, 0.3) is 0 Å². The van der Waals surface area contributed by atoms with Gasteiger partial charge in [-0.05, 0) is 66.1 Å². The number of hydrogen-bond acceptors (Lipinski definition) is 3. The lowest BCUT2D eigenvalue weighted by Gasteiger charge is -2.11. The number of nitrogens with zero attached hydrogens (tertiary/aromatic N) is 5. The smallest absolute Gasteiger partial charge is 0.238 e. The van der Waals surface area contributed by atoms with E-state index in [9.17, 15) is 0 Å². The van der Waals surface area contributed by atoms with Gasteiger partial charge in [0.2, 0.25) is 5.95 Å². The Morgan fingerprint density at radius 2 is 0.902 bits per heavy atom. The van der Waals surface area contributed by atoms with Crippen molar-refractivity contribution in [1.82, 2.24) is 24.1 Å². The van der Waals surface area contributed by atoms with Crippen LogP contribution >= 0.6 is 0 Å². The number of hydrogen-bond donors (Lipinski definition) is 0. The van der Waals surface area contributed by atoms with Gasteiger partial charge < -0.3 is 4.57 Å². The van der Waals surface area contributed by atoms with Crippen molar-refractivity contribution in [2.45, 2.75) is 6.92 Å². The molecule has 0 bridgehead atoms. The summed E-state index contributed by atoms with van der Waals surface area (Å²) in [5.41, 5.74) is 11.1. The van der Waals surface area contributed by atoms with Crippen molar-refractivity contribution in [1.29, 1.82) is 0 Å². The van der Waals surface area contributed by atoms with Crippen molar-refractivity contribution >= 4 is 43.6 Å². The van der Waals surface area contributed by atoms with Crippen LogP contribution in [0.1, 0.15) is 5.56 Å². The van der Waals surface area contributed by atoms with Crippen molar-refractivity contribution in [2.75, 3.05) is 0 Å². The van der Waals surface area contributed by atoms with Crippen molar-refractivity contribution in [3.63, 3.8) is 0 Å². The van der Waals surface area contributed by atoms with Gasteiger partial charge in [0.1, 0.15) is 0 Å². The minimum Gasteiger partial charge on any atom is -0.309 e. The molecule has 0 spiro atoms. The van der Waals surface area contributed by atoms with Gasteiger partial charge in [-0.3, -0.25) is 4.57 Å². The molecule has 5 heteroatoms. The minimum atomic E-state index is 0.589. The average molecular weight is 654 g/mol. The van der Waals surface area contributed by atoms with E-state index in [0.29, 0.717) is 17.6 Å². The Morgan fingerprint density at radius 1 is 0.353 bits per heavy atom. The molecule has 3 aromatic heterocycles. The molecule has 0 aliphatic heterocycles. The predicted molar refractivity (Wildman–Crippen MR) is 210 cm³/mol. The molecule has 0 fully saturated rings. The van der Waals surface area contributed by atoms with Crippen LogP contribution in [0.2, 0.25) is 0 Å². The summed E-state index contributed by atoms with van der Waals surface area (Å²) >= 11 is 0. The largest absolute Gasteiger partial charge is 0.309 e. The topological polar surface area (TPSA) is 48.5 Å². The summed E-state index contributed by atoms with van der Waals surface area (Å²) in [6, 6.07) is 59.8. The van der Waals surface area contributed by atoms with Gasteiger partial charge in [-0.2, -0.15) is 9.97 Å². The van der Waals surface area contributed by atoms with E-state index in [1.807, 2.05) is 60.7 Å². The number of benzene rings is 7. The van der Waals surface area contributed by atoms with Crippen LogP contribution in [0.3, 0.4) is 0 Å². The number of fused-ring (bicyclic) bond motifs is 6. The normalized spacial score (nSPS) is 11.6. The molecule has 0 amide bonds. The second kappa shape index (κ2) is 11.6. The van der Waals surface area contributed by atoms with E-state index in [2.05, 4.69) is 125 Å². The maximum Gasteiger partial charge on any atom is 0.238 e. The maximum absolute atomic E-state index is 5.09. The number of para-hydroxylation sites is 2. The number of rotatable bonds is 5. The first-order valence-electron chi connectivity index (χ1n) is 17.2. The van der Waals surface area contributed by atoms with Crippen LogP contribution in [-0.4, -0.2) is 24.1 Å². The Kier molecular flexibility index (Phi) is 6.64. The molecule has 10 rings (SSSR count). The Morgan fingerprint density at radius 3 is 1.59 bits per heavy atom. The quantitative estimate of drug-likeness (QED) is 0.186. The lowest BCUT2D eigenvalue weighted by atomic mass is 10.0. The number of aromatic nitrogens is 5. The molecule has 51 heavy (non-hydrogen) atoms. The lowest BCUT2D eigenvalue weighted by molar-refractivity contribution is 0.953. The molecule has 0 radical (unpaired) electrons. The van der Waals surface area contributed by atoms with Crippen LogP contribution < -0.4 is 0 Å². The Balaban J connectivity index is 1.18. The molecular formula is C46H31N5. The summed E-state index contributed by atoms with van der Waals surface area (Å²) < 4.78 is 4.56. The highest BCUT2D eigenvalue weighted by atomic mass is 15.2. The van der Waals surface area contributed by atoms with E-state index in [4.69, 9.17) is 15.0 Å². The van der Waals surface area contributed by atoms with Gasteiger partial charge in [0, 0.05) is 38.4 Å². The summed E-state index contributed by atoms with van der Waals surface area (Å²) in [5.74, 6) is 1.87. The zero-order chi connectivity index (χ0) is 33.9. The molecule has 0 unspecified atom stereocenters. The molecule has 5 nitrogen and oxygen atoms in total. The molecule has 0 N–H and O–H groups in total. The molecule has 240 valence electrons. The zero-order valence-electron chi connectivity index (χ0n) is 27.9. The Labute approximate surface area is 294 Å². The summed E-state index contributed by atoms with van der Waals surface area (Å²) in [6.45, 7) is 2.15. The van der Waals surface area contributed by atoms with Gasteiger partial charge in [0.15, 0.2) is 11.6 Å². The van der Waals surface area contributed by atoms with E-state index in [0.717, 1.165) is 44.1 Å². The van der Waals surface area contributed by atoms with E-state index in [1.165, 1.54) is 33.1 Å². The second-order valence-electron chi connectivity index (χ2n) is 13.0. The highest BCUT2D eigenvalue weighted by Crippen LogP contribution is 2.38. The summed E-state index contributed by atoms with van der Waals surface area (Å²) in [7, 11) is 0. The van der Waals surface area contributed by atoms with Crippen LogP contribution in [-0.2, 0) is 0 Å². The van der Waals surface area contributed by atoms with Crippen molar-refractivity contribution in [2.24, 2.45) is 0 Å². The molecular weight excluding hydrogens is 623 g/mol. The van der Waals surface area contributed by atoms with Crippen LogP contribution in [0.25, 0.3) is 89.2 Å². The summed E-state index contributed by atoms with van der Waals surface area (Å²) in [5, 5.41) is 4.78. The summed E-state index contributed by atoms with van der Waals surface area (Å²) in [6.07, 6.45) is 0. The highest BCUT2D eigenvalue weighted by molar-refractivity contribution is 6.12. The first-order valence-corrected chi connectivity index (χ1v) is 17.2. The maximum atomic E-state index is 5.09. The van der Waals surface area contributed by atoms with Gasteiger partial charge >= 0.3 is 0 Å². The Bertz CT molecular complexity index is 2860. The van der Waals surface area contributed by atoms with Gasteiger partial charge in [0.05, 0.1) is 22.1 Å². The Hall–Kier alpha value is -6.85. The van der Waals surface area contributed by atoms with E-state index in [-0.39, 0.29) is 0 Å². The average Bonchev–Trinajstić information content (AvgIpc) is 3.70. The third kappa shape index (κ3) is 4.82. The monoisotopic (exact) mass is 653 g/mol. The van der Waals surface area contributed by atoms with Crippen LogP contribution in [0.5, 0.6) is 0 Å². The fraction of sp³-hybridized carbons (Fsp3) is 0.0217. The van der Waals surface area contributed by atoms with E-state index in [1.54, 1.807) is 0 Å². The molecule has 0 aliphatic rings. The second-order valence-corrected chi connectivity index (χ2v) is 13.0. The minimum absolute atomic E-state index is 0.589. The van der Waals surface area contributed by atoms with Crippen molar-refractivity contribution < 1.29 is 0 Å². The molecule has 10 aromatic rings. The summed E-state index contributed by atoms with van der Waals surface area (Å²) in [4.78, 5) is 15.1. The highest BCUT2D eigenvalue weighted by Gasteiger charge is 2.19. The van der Waals surface area contributed by atoms with E-state index >= 15 is 0 Å². The van der Waals surface area contributed by atoms with Crippen LogP contribution in [0.15, 0.2) is 170 Å². The molecule has 0 saturated carbocycles. The lowest BCUT2D eigenvalue weighted by Crippen LogP contribution is -2.06. The van der Waals surface area contributed by atoms with Gasteiger partial charge in [-0.15, -0.1) is 0 Å². The SMILES string of the molecule is Cc1cccc(-n2c3ccccc3c3ccc(-c4ccc5c(c4)c4ccccc4n5-c4nc(-c5ccccc5)nc(-c5ccccc5)n4)cc32)c1. The molecule has 0 aliphatic carbocycles. The molecule has 0 saturated heterocycles. The van der Waals surface area contributed by atoms with Crippen LogP contribution in [0.4, 0.5) is 0 Å². The predicted octanol–water partition coefficient (Wildman–Crippen LogP) is 11.4. The first-order chi connectivity index (χ1) is 25.2. The fourth-order valence-electron chi connectivity index (χ4n) is 7.46. The third-order valence-corrected chi connectivity index (χ3v) is 9.83. The standard InChI is InChI=1S/C46H31N5/c1-30-13-12-18-35(27-30)50-40-21-10-8-19-36(40)38-25-23-34(29-43(38)50)33-24-26-42-39(28-33)37-20-9-11-22-41(37)51(42)46-48-44(31-14-4-2-5-15-31)47-45(49-46)32-16-6-3-7-17-32/h2-29H,1H3.